The van der Waals surface area contributed by atoms with E-state index in [2.05, 4.69) is 58.9 Å². The maximum Gasteiger partial charge on any atom is 0.499 e. The van der Waals surface area contributed by atoms with Gasteiger partial charge in [0.05, 0.1) is 0 Å². The van der Waals surface area contributed by atoms with E-state index in [0.717, 1.165) is 5.19 Å². The van der Waals surface area contributed by atoms with E-state index in [1.54, 1.807) is 0 Å². The van der Waals surface area contributed by atoms with Crippen LogP contribution in [0.2, 0.25) is 58.9 Å². The maximum atomic E-state index is 9.31. The van der Waals surface area contributed by atoms with Crippen molar-refractivity contribution in [1.29, 1.82) is 0 Å². The standard InChI is InChI=1S/C13H31BO5SSi4/c1-21(2,3)17-23(6,7)19-24(8,9)18-22(4,5)12-10-13(14(15)16)20-11-12/h10-11,15-16H,1-9H3. The Balaban J connectivity index is 2.87. The van der Waals surface area contributed by atoms with Gasteiger partial charge in [0.15, 0.2) is 8.32 Å². The van der Waals surface area contributed by atoms with Crippen molar-refractivity contribution in [2.24, 2.45) is 0 Å². The van der Waals surface area contributed by atoms with Crippen molar-refractivity contribution in [2.45, 2.75) is 58.9 Å². The SMILES string of the molecule is C[Si](C)(C)O[Si](C)(C)O[Si](C)(C)O[Si](C)(C)c1csc(B(O)O)c1. The minimum atomic E-state index is -2.37. The van der Waals surface area contributed by atoms with E-state index in [1.807, 2.05) is 11.4 Å². The van der Waals surface area contributed by atoms with Crippen LogP contribution in [0.3, 0.4) is 0 Å². The van der Waals surface area contributed by atoms with E-state index in [-0.39, 0.29) is 0 Å². The van der Waals surface area contributed by atoms with Gasteiger partial charge in [0, 0.05) is 4.78 Å². The van der Waals surface area contributed by atoms with Crippen LogP contribution in [0.15, 0.2) is 11.4 Å². The molecule has 24 heavy (non-hydrogen) atoms. The van der Waals surface area contributed by atoms with Crippen molar-refractivity contribution >= 4 is 62.2 Å². The predicted molar refractivity (Wildman–Crippen MR) is 113 cm³/mol. The summed E-state index contributed by atoms with van der Waals surface area (Å²) in [6, 6.07) is 1.84. The molecule has 0 aliphatic carbocycles. The zero-order valence-corrected chi connectivity index (χ0v) is 21.1. The van der Waals surface area contributed by atoms with Crippen molar-refractivity contribution < 1.29 is 22.4 Å². The average Bonchev–Trinajstić information content (AvgIpc) is 2.70. The molecule has 0 atom stereocenters. The lowest BCUT2D eigenvalue weighted by atomic mass is 9.90. The Morgan fingerprint density at radius 2 is 1.33 bits per heavy atom. The second-order valence-corrected chi connectivity index (χ2v) is 25.2. The topological polar surface area (TPSA) is 68.2 Å². The summed E-state index contributed by atoms with van der Waals surface area (Å²) in [6.07, 6.45) is 0. The highest BCUT2D eigenvalue weighted by Gasteiger charge is 2.43. The molecule has 0 spiro atoms. The van der Waals surface area contributed by atoms with Crippen molar-refractivity contribution in [3.63, 3.8) is 0 Å². The van der Waals surface area contributed by atoms with E-state index < -0.39 is 40.9 Å². The van der Waals surface area contributed by atoms with Crippen LogP contribution < -0.4 is 9.96 Å². The lowest BCUT2D eigenvalue weighted by Crippen LogP contribution is -2.58. The van der Waals surface area contributed by atoms with Gasteiger partial charge in [-0.3, -0.25) is 0 Å². The maximum absolute atomic E-state index is 9.31. The lowest BCUT2D eigenvalue weighted by molar-refractivity contribution is 0.332. The molecule has 0 fully saturated rings. The quantitative estimate of drug-likeness (QED) is 0.628. The van der Waals surface area contributed by atoms with Gasteiger partial charge >= 0.3 is 24.2 Å². The van der Waals surface area contributed by atoms with Gasteiger partial charge in [-0.05, 0) is 69.5 Å². The third-order valence-corrected chi connectivity index (χ3v) is 18.3. The van der Waals surface area contributed by atoms with Crippen LogP contribution in [0.1, 0.15) is 0 Å². The first kappa shape index (κ1) is 22.5. The van der Waals surface area contributed by atoms with E-state index in [9.17, 15) is 10.0 Å². The van der Waals surface area contributed by atoms with Crippen LogP contribution in [-0.4, -0.2) is 50.9 Å². The highest BCUT2D eigenvalue weighted by atomic mass is 32.1. The summed E-state index contributed by atoms with van der Waals surface area (Å²) in [6.45, 7) is 19.1. The summed E-state index contributed by atoms with van der Waals surface area (Å²) in [5.74, 6) is 0. The summed E-state index contributed by atoms with van der Waals surface area (Å²) in [4.78, 5) is 0. The Labute approximate surface area is 154 Å². The van der Waals surface area contributed by atoms with Crippen molar-refractivity contribution in [2.75, 3.05) is 0 Å². The van der Waals surface area contributed by atoms with E-state index in [0.29, 0.717) is 4.78 Å². The molecule has 0 aromatic carbocycles. The molecular weight excluding hydrogens is 391 g/mol. The smallest absolute Gasteiger partial charge is 0.437 e. The normalized spacial score (nSPS) is 14.1. The summed E-state index contributed by atoms with van der Waals surface area (Å²) >= 11 is 1.35. The fourth-order valence-corrected chi connectivity index (χ4v) is 22.5. The number of rotatable bonds is 8. The van der Waals surface area contributed by atoms with Gasteiger partial charge in [-0.15, -0.1) is 0 Å². The lowest BCUT2D eigenvalue weighted by Gasteiger charge is -2.40. The number of thiophene rings is 1. The minimum absolute atomic E-state index is 0.548. The molecule has 0 bridgehead atoms. The fraction of sp³-hybridized carbons (Fsp3) is 0.692. The van der Waals surface area contributed by atoms with Gasteiger partial charge in [-0.2, -0.15) is 11.3 Å². The molecule has 0 unspecified atom stereocenters. The Bertz CT molecular complexity index is 557. The van der Waals surface area contributed by atoms with Crippen LogP contribution in [0.25, 0.3) is 0 Å². The molecule has 2 N–H and O–H groups in total. The molecule has 0 amide bonds. The Morgan fingerprint density at radius 1 is 0.833 bits per heavy atom. The molecular formula is C13H31BO5SSi4. The second-order valence-electron chi connectivity index (χ2n) is 8.34. The molecule has 0 saturated carbocycles. The monoisotopic (exact) mass is 422 g/mol. The van der Waals surface area contributed by atoms with E-state index in [4.69, 9.17) is 12.3 Å². The highest BCUT2D eigenvalue weighted by molar-refractivity contribution is 7.22. The van der Waals surface area contributed by atoms with Gasteiger partial charge in [0.2, 0.25) is 8.32 Å². The molecule has 1 aromatic rings. The summed E-state index contributed by atoms with van der Waals surface area (Å²) in [5, 5.41) is 21.7. The first-order valence-electron chi connectivity index (χ1n) is 8.09. The zero-order chi connectivity index (χ0) is 19.0. The van der Waals surface area contributed by atoms with Gasteiger partial charge in [-0.1, -0.05) is 6.07 Å². The minimum Gasteiger partial charge on any atom is -0.437 e. The van der Waals surface area contributed by atoms with Crippen molar-refractivity contribution in [1.82, 2.24) is 0 Å². The fourth-order valence-electron chi connectivity index (χ4n) is 2.85. The first-order chi connectivity index (χ1) is 10.5. The molecule has 138 valence electrons. The van der Waals surface area contributed by atoms with Crippen LogP contribution in [0.5, 0.6) is 0 Å². The molecule has 0 saturated heterocycles. The molecule has 0 radical (unpaired) electrons. The molecule has 1 rings (SSSR count). The van der Waals surface area contributed by atoms with Gasteiger partial charge in [0.1, 0.15) is 0 Å². The molecule has 5 nitrogen and oxygen atoms in total. The van der Waals surface area contributed by atoms with E-state index >= 15 is 0 Å². The van der Waals surface area contributed by atoms with Crippen molar-refractivity contribution in [3.8, 4) is 0 Å². The molecule has 11 heteroatoms. The Hall–Kier alpha value is 0.432. The highest BCUT2D eigenvalue weighted by Crippen LogP contribution is 2.24. The molecule has 1 heterocycles. The number of hydrogen-bond donors (Lipinski definition) is 2. The second kappa shape index (κ2) is 7.58. The summed E-state index contributed by atoms with van der Waals surface area (Å²) in [7, 11) is -9.90. The largest absolute Gasteiger partial charge is 0.499 e. The predicted octanol–water partition coefficient (Wildman–Crippen LogP) is 2.13. The van der Waals surface area contributed by atoms with Gasteiger partial charge in [0.25, 0.3) is 0 Å². The third kappa shape index (κ3) is 7.35. The summed E-state index contributed by atoms with van der Waals surface area (Å²) < 4.78 is 19.8. The zero-order valence-electron chi connectivity index (χ0n) is 16.3. The third-order valence-electron chi connectivity index (χ3n) is 3.11. The van der Waals surface area contributed by atoms with Crippen molar-refractivity contribution in [3.05, 3.63) is 11.4 Å². The summed E-state index contributed by atoms with van der Waals surface area (Å²) in [5.41, 5.74) is 0. The van der Waals surface area contributed by atoms with Crippen LogP contribution in [0, 0.1) is 0 Å². The van der Waals surface area contributed by atoms with Crippen LogP contribution >= 0.6 is 11.3 Å². The van der Waals surface area contributed by atoms with Gasteiger partial charge in [-0.25, -0.2) is 0 Å². The molecule has 0 aliphatic heterocycles. The average molecular weight is 423 g/mol. The van der Waals surface area contributed by atoms with Gasteiger partial charge < -0.3 is 22.4 Å². The first-order valence-corrected chi connectivity index (χ1v) is 20.9. The Morgan fingerprint density at radius 3 is 1.75 bits per heavy atom. The molecule has 1 aromatic heterocycles. The Kier molecular flexibility index (Phi) is 7.10. The van der Waals surface area contributed by atoms with E-state index in [1.165, 1.54) is 11.3 Å². The van der Waals surface area contributed by atoms with Crippen LogP contribution in [-0.2, 0) is 12.3 Å². The van der Waals surface area contributed by atoms with Crippen LogP contribution in [0.4, 0.5) is 0 Å². The number of hydrogen-bond acceptors (Lipinski definition) is 6. The molecule has 0 aliphatic rings.